The first kappa shape index (κ1) is 19.1. The highest BCUT2D eigenvalue weighted by Gasteiger charge is 2.18. The van der Waals surface area contributed by atoms with Gasteiger partial charge < -0.3 is 4.74 Å². The Morgan fingerprint density at radius 1 is 1.20 bits per heavy atom. The van der Waals surface area contributed by atoms with Crippen LogP contribution in [0.15, 0.2) is 24.3 Å². The molecule has 0 radical (unpaired) electrons. The van der Waals surface area contributed by atoms with Gasteiger partial charge in [-0.2, -0.15) is 0 Å². The van der Waals surface area contributed by atoms with Gasteiger partial charge in [0.05, 0.1) is 6.26 Å². The van der Waals surface area contributed by atoms with E-state index in [9.17, 15) is 13.2 Å². The van der Waals surface area contributed by atoms with Crippen LogP contribution in [0.25, 0.3) is 0 Å². The van der Waals surface area contributed by atoms with E-state index in [1.165, 1.54) is 0 Å². The third-order valence-corrected chi connectivity index (χ3v) is 4.58. The maximum atomic E-state index is 12.2. The Labute approximate surface area is 150 Å². The molecule has 25 heavy (non-hydrogen) atoms. The SMILES string of the molecule is CC(Oc1cccc(C(C)C)c1)C(=O)Nc1nnc(NS(C)(=O)=O)s1. The molecule has 2 N–H and O–H groups in total. The Kier molecular flexibility index (Phi) is 5.96. The highest BCUT2D eigenvalue weighted by Crippen LogP contribution is 2.23. The smallest absolute Gasteiger partial charge is 0.266 e. The van der Waals surface area contributed by atoms with E-state index in [1.54, 1.807) is 13.0 Å². The summed E-state index contributed by atoms with van der Waals surface area (Å²) in [5, 5.41) is 10.2. The molecule has 0 aliphatic rings. The molecule has 0 aliphatic carbocycles. The Bertz CT molecular complexity index is 849. The van der Waals surface area contributed by atoms with Crippen molar-refractivity contribution in [3.05, 3.63) is 29.8 Å². The van der Waals surface area contributed by atoms with Gasteiger partial charge in [-0.15, -0.1) is 10.2 Å². The molecule has 1 amide bonds. The lowest BCUT2D eigenvalue weighted by atomic mass is 10.0. The number of hydrogen-bond donors (Lipinski definition) is 2. The molecule has 0 saturated heterocycles. The van der Waals surface area contributed by atoms with E-state index in [0.717, 1.165) is 23.2 Å². The lowest BCUT2D eigenvalue weighted by molar-refractivity contribution is -0.122. The second-order valence-corrected chi connectivity index (χ2v) is 8.49. The molecule has 2 rings (SSSR count). The number of nitrogens with zero attached hydrogens (tertiary/aromatic N) is 2. The number of amides is 1. The molecule has 0 bridgehead atoms. The van der Waals surface area contributed by atoms with Gasteiger partial charge in [0.1, 0.15) is 5.75 Å². The van der Waals surface area contributed by atoms with Crippen molar-refractivity contribution < 1.29 is 17.9 Å². The highest BCUT2D eigenvalue weighted by atomic mass is 32.2. The second kappa shape index (κ2) is 7.79. The van der Waals surface area contributed by atoms with Gasteiger partial charge >= 0.3 is 0 Å². The number of hydrogen-bond acceptors (Lipinski definition) is 7. The Hall–Kier alpha value is -2.20. The number of carbonyl (C=O) groups excluding carboxylic acids is 1. The zero-order valence-corrected chi connectivity index (χ0v) is 15.9. The molecule has 136 valence electrons. The fourth-order valence-corrected chi connectivity index (χ4v) is 3.36. The quantitative estimate of drug-likeness (QED) is 0.759. The maximum absolute atomic E-state index is 12.2. The summed E-state index contributed by atoms with van der Waals surface area (Å²) in [7, 11) is -3.44. The number of aromatic nitrogens is 2. The Morgan fingerprint density at radius 3 is 2.52 bits per heavy atom. The van der Waals surface area contributed by atoms with Crippen LogP contribution in [0, 0.1) is 0 Å². The third-order valence-electron chi connectivity index (χ3n) is 3.13. The molecule has 10 heteroatoms. The lowest BCUT2D eigenvalue weighted by Gasteiger charge is -2.15. The fraction of sp³-hybridized carbons (Fsp3) is 0.400. The van der Waals surface area contributed by atoms with E-state index in [-0.39, 0.29) is 10.3 Å². The molecule has 1 unspecified atom stereocenters. The molecule has 0 spiro atoms. The summed E-state index contributed by atoms with van der Waals surface area (Å²) < 4.78 is 30.1. The molecule has 0 saturated carbocycles. The summed E-state index contributed by atoms with van der Waals surface area (Å²) in [4.78, 5) is 12.2. The van der Waals surface area contributed by atoms with Crippen LogP contribution in [0.3, 0.4) is 0 Å². The average Bonchev–Trinajstić information content (AvgIpc) is 2.92. The van der Waals surface area contributed by atoms with Gasteiger partial charge in [0.25, 0.3) is 5.91 Å². The van der Waals surface area contributed by atoms with Crippen molar-refractivity contribution in [1.82, 2.24) is 10.2 Å². The van der Waals surface area contributed by atoms with E-state index in [4.69, 9.17) is 4.74 Å². The minimum Gasteiger partial charge on any atom is -0.481 e. The molecule has 1 heterocycles. The molecule has 0 fully saturated rings. The Balaban J connectivity index is 1.97. The predicted octanol–water partition coefficient (Wildman–Crippen LogP) is 2.44. The minimum atomic E-state index is -3.44. The zero-order chi connectivity index (χ0) is 18.6. The van der Waals surface area contributed by atoms with Crippen LogP contribution in [0.5, 0.6) is 5.75 Å². The number of benzene rings is 1. The topological polar surface area (TPSA) is 110 Å². The molecular weight excluding hydrogens is 364 g/mol. The van der Waals surface area contributed by atoms with Crippen LogP contribution in [0.4, 0.5) is 10.3 Å². The van der Waals surface area contributed by atoms with Gasteiger partial charge in [0, 0.05) is 0 Å². The third kappa shape index (κ3) is 5.98. The first-order valence-corrected chi connectivity index (χ1v) is 10.2. The van der Waals surface area contributed by atoms with Crippen molar-refractivity contribution in [1.29, 1.82) is 0 Å². The summed E-state index contributed by atoms with van der Waals surface area (Å²) in [6.07, 6.45) is 0.256. The van der Waals surface area contributed by atoms with Crippen LogP contribution >= 0.6 is 11.3 Å². The van der Waals surface area contributed by atoms with E-state index >= 15 is 0 Å². The normalized spacial score (nSPS) is 12.7. The number of rotatable bonds is 7. The lowest BCUT2D eigenvalue weighted by Crippen LogP contribution is -2.30. The molecular formula is C15H20N4O4S2. The molecule has 2 aromatic rings. The van der Waals surface area contributed by atoms with Gasteiger partial charge in [0.15, 0.2) is 6.10 Å². The summed E-state index contributed by atoms with van der Waals surface area (Å²) in [5.41, 5.74) is 1.12. The van der Waals surface area contributed by atoms with Crippen molar-refractivity contribution in [2.24, 2.45) is 0 Å². The maximum Gasteiger partial charge on any atom is 0.266 e. The van der Waals surface area contributed by atoms with E-state index in [1.807, 2.05) is 18.2 Å². The van der Waals surface area contributed by atoms with Crippen LogP contribution in [-0.2, 0) is 14.8 Å². The van der Waals surface area contributed by atoms with Crippen LogP contribution in [0.2, 0.25) is 0 Å². The van der Waals surface area contributed by atoms with Crippen LogP contribution in [0.1, 0.15) is 32.3 Å². The Morgan fingerprint density at radius 2 is 1.88 bits per heavy atom. The van der Waals surface area contributed by atoms with Crippen molar-refractivity contribution in [3.63, 3.8) is 0 Å². The molecule has 8 nitrogen and oxygen atoms in total. The minimum absolute atomic E-state index is 0.0796. The first-order chi connectivity index (χ1) is 11.6. The van der Waals surface area contributed by atoms with E-state index in [2.05, 4.69) is 34.1 Å². The second-order valence-electron chi connectivity index (χ2n) is 5.76. The number of sulfonamides is 1. The predicted molar refractivity (Wildman–Crippen MR) is 97.6 cm³/mol. The highest BCUT2D eigenvalue weighted by molar-refractivity contribution is 7.92. The van der Waals surface area contributed by atoms with Gasteiger partial charge in [0.2, 0.25) is 20.3 Å². The van der Waals surface area contributed by atoms with Crippen molar-refractivity contribution >= 4 is 37.5 Å². The monoisotopic (exact) mass is 384 g/mol. The van der Waals surface area contributed by atoms with E-state index in [0.29, 0.717) is 11.7 Å². The fourth-order valence-electron chi connectivity index (χ4n) is 1.89. The summed E-state index contributed by atoms with van der Waals surface area (Å²) in [6.45, 7) is 5.77. The molecule has 0 aliphatic heterocycles. The largest absolute Gasteiger partial charge is 0.481 e. The van der Waals surface area contributed by atoms with Gasteiger partial charge in [-0.3, -0.25) is 14.8 Å². The average molecular weight is 384 g/mol. The van der Waals surface area contributed by atoms with Crippen LogP contribution < -0.4 is 14.8 Å². The molecule has 1 aromatic heterocycles. The van der Waals surface area contributed by atoms with Crippen molar-refractivity contribution in [2.75, 3.05) is 16.3 Å². The molecule has 1 atom stereocenters. The van der Waals surface area contributed by atoms with Gasteiger partial charge in [-0.25, -0.2) is 8.42 Å². The summed E-state index contributed by atoms with van der Waals surface area (Å²) >= 11 is 0.918. The van der Waals surface area contributed by atoms with E-state index < -0.39 is 22.0 Å². The van der Waals surface area contributed by atoms with Gasteiger partial charge in [-0.1, -0.05) is 37.3 Å². The zero-order valence-electron chi connectivity index (χ0n) is 14.3. The van der Waals surface area contributed by atoms with Crippen LogP contribution in [-0.4, -0.2) is 36.9 Å². The summed E-state index contributed by atoms with van der Waals surface area (Å²) in [6, 6.07) is 7.56. The standard InChI is InChI=1S/C15H20N4O4S2/c1-9(2)11-6-5-7-12(8-11)23-10(3)13(20)16-14-17-18-15(24-14)19-25(4,21)22/h5-10H,1-4H3,(H,18,19)(H,16,17,20). The first-order valence-electron chi connectivity index (χ1n) is 7.53. The summed E-state index contributed by atoms with van der Waals surface area (Å²) in [5.74, 6) is 0.553. The van der Waals surface area contributed by atoms with Crippen molar-refractivity contribution in [2.45, 2.75) is 32.8 Å². The number of nitrogens with one attached hydrogen (secondary N) is 2. The number of anilines is 2. The number of ether oxygens (including phenoxy) is 1. The van der Waals surface area contributed by atoms with Crippen molar-refractivity contribution in [3.8, 4) is 5.75 Å². The molecule has 1 aromatic carbocycles. The van der Waals surface area contributed by atoms with Gasteiger partial charge in [-0.05, 0) is 30.5 Å². The number of carbonyl (C=O) groups is 1.